The summed E-state index contributed by atoms with van der Waals surface area (Å²) in [6.07, 6.45) is -24.3. The van der Waals surface area contributed by atoms with Crippen molar-refractivity contribution in [2.75, 3.05) is 20.3 Å². The third kappa shape index (κ3) is 23.7. The molecule has 744 valence electrons. The Labute approximate surface area is 801 Å². The molecular formula is C89H104Cl3N11O33P2. The first kappa shape index (κ1) is 105. The van der Waals surface area contributed by atoms with Crippen LogP contribution in [0.15, 0.2) is 127 Å². The summed E-state index contributed by atoms with van der Waals surface area (Å²) in [7, 11) is -10.4. The summed E-state index contributed by atoms with van der Waals surface area (Å²) in [6.45, 7) is 7.01. The summed E-state index contributed by atoms with van der Waals surface area (Å²) in [5.41, 5.74) is 5.16. The molecule has 0 aromatic heterocycles. The van der Waals surface area contributed by atoms with E-state index in [-0.39, 0.29) is 36.4 Å². The van der Waals surface area contributed by atoms with Crippen LogP contribution in [0.4, 0.5) is 0 Å². The number of esters is 1. The van der Waals surface area contributed by atoms with Gasteiger partial charge in [0.2, 0.25) is 58.9 Å². The molecule has 15 rings (SSSR count). The van der Waals surface area contributed by atoms with E-state index in [9.17, 15) is 89.0 Å². The van der Waals surface area contributed by atoms with Gasteiger partial charge in [0.15, 0.2) is 42.8 Å². The Bertz CT molecular complexity index is 5870. The Morgan fingerprint density at radius 3 is 1.80 bits per heavy atom. The molecule has 26 N–H and O–H groups in total. The van der Waals surface area contributed by atoms with Crippen molar-refractivity contribution in [1.82, 2.24) is 47.9 Å². The predicted octanol–water partition coefficient (Wildman–Crippen LogP) is 2.71. The number of phenolic OH excluding ortho intramolecular Hbond substituents is 3. The van der Waals surface area contributed by atoms with Crippen LogP contribution in [0.1, 0.15) is 131 Å². The molecule has 11 bridgehead atoms. The van der Waals surface area contributed by atoms with Crippen LogP contribution < -0.4 is 73.5 Å². The number of primary amides is 1. The number of ether oxygens (including phenoxy) is 9. The highest BCUT2D eigenvalue weighted by atomic mass is 35.5. The fourth-order valence-corrected chi connectivity index (χ4v) is 19.7. The van der Waals surface area contributed by atoms with Gasteiger partial charge in [0.1, 0.15) is 89.5 Å². The molecule has 0 unspecified atom stereocenters. The first-order chi connectivity index (χ1) is 64.9. The second-order valence-electron chi connectivity index (χ2n) is 35.1. The number of rotatable bonds is 24. The highest BCUT2D eigenvalue weighted by Gasteiger charge is 2.54. The average Bonchev–Trinajstić information content (AvgIpc) is 0.760. The van der Waals surface area contributed by atoms with Gasteiger partial charge < -0.3 is 167 Å². The molecule has 0 spiro atoms. The van der Waals surface area contributed by atoms with Gasteiger partial charge in [0.05, 0.1) is 53.5 Å². The number of aromatic hydroxyl groups is 3. The van der Waals surface area contributed by atoms with E-state index in [1.54, 1.807) is 32.9 Å². The Kier molecular flexibility index (Phi) is 32.3. The van der Waals surface area contributed by atoms with Crippen molar-refractivity contribution in [2.45, 2.75) is 213 Å². The molecule has 7 aromatic carbocycles. The Morgan fingerprint density at radius 2 is 1.21 bits per heavy atom. The van der Waals surface area contributed by atoms with Crippen molar-refractivity contribution in [1.29, 1.82) is 0 Å². The van der Waals surface area contributed by atoms with Crippen molar-refractivity contribution in [3.05, 3.63) is 176 Å². The van der Waals surface area contributed by atoms with Crippen LogP contribution in [0.2, 0.25) is 15.1 Å². The predicted molar refractivity (Wildman–Crippen MR) is 485 cm³/mol. The first-order valence-corrected chi connectivity index (χ1v) is 47.6. The van der Waals surface area contributed by atoms with Crippen molar-refractivity contribution in [3.8, 4) is 68.2 Å². The smallest absolute Gasteiger partial charge is 0.360 e. The number of nitrogens with two attached hydrogens (primary N) is 2. The van der Waals surface area contributed by atoms with E-state index in [0.717, 1.165) is 77.4 Å². The third-order valence-electron chi connectivity index (χ3n) is 24.2. The molecular weight excluding hydrogens is 1920 g/mol. The number of likely N-dealkylation sites (N-methyl/N-ethyl adjacent to an activating group) is 1. The Morgan fingerprint density at radius 1 is 0.630 bits per heavy atom. The molecule has 7 aromatic rings. The van der Waals surface area contributed by atoms with Gasteiger partial charge in [-0.25, -0.2) is 4.79 Å². The van der Waals surface area contributed by atoms with E-state index < -0.39 is 317 Å². The number of hydrogen-bond acceptors (Lipinski definition) is 32. The van der Waals surface area contributed by atoms with E-state index in [1.807, 2.05) is 36.4 Å². The zero-order valence-electron chi connectivity index (χ0n) is 74.4. The summed E-state index contributed by atoms with van der Waals surface area (Å²) in [4.78, 5) is 176. The summed E-state index contributed by atoms with van der Waals surface area (Å²) in [5, 5.41) is 129. The van der Waals surface area contributed by atoms with Crippen LogP contribution in [-0.4, -0.2) is 247 Å². The van der Waals surface area contributed by atoms with Crippen molar-refractivity contribution in [2.24, 2.45) is 17.4 Å². The number of carbonyl (C=O) groups is 9. The molecule has 0 radical (unpaired) electrons. The van der Waals surface area contributed by atoms with Gasteiger partial charge in [-0.3, -0.25) is 47.5 Å². The third-order valence-corrected chi connectivity index (χ3v) is 28.4. The lowest BCUT2D eigenvalue weighted by atomic mass is 9.84. The second-order valence-corrected chi connectivity index (χ2v) is 40.2. The van der Waals surface area contributed by atoms with Crippen LogP contribution in [0.3, 0.4) is 0 Å². The van der Waals surface area contributed by atoms with Crippen molar-refractivity contribution in [3.63, 3.8) is 0 Å². The molecule has 3 fully saturated rings. The largest absolute Gasteiger partial charge is 0.508 e. The number of hydrogen-bond donors (Lipinski definition) is 24. The van der Waals surface area contributed by atoms with Crippen LogP contribution in [-0.2, 0) is 87.2 Å². The number of benzene rings is 7. The first-order valence-electron chi connectivity index (χ1n) is 43.1. The number of aliphatic hydroxyl groups is 6. The molecule has 138 heavy (non-hydrogen) atoms. The van der Waals surface area contributed by atoms with E-state index >= 15 is 28.8 Å². The second kappa shape index (κ2) is 42.7. The molecule has 0 saturated carbocycles. The molecule has 0 aliphatic carbocycles. The normalized spacial score (nSPS) is 28.3. The van der Waals surface area contributed by atoms with E-state index in [1.165, 1.54) is 45.3 Å². The minimum Gasteiger partial charge on any atom is -0.508 e. The maximum Gasteiger partial charge on any atom is 0.360 e. The van der Waals surface area contributed by atoms with E-state index in [2.05, 4.69) is 42.5 Å². The lowest BCUT2D eigenvalue weighted by molar-refractivity contribution is -0.334. The van der Waals surface area contributed by atoms with Gasteiger partial charge in [-0.2, -0.15) is 0 Å². The van der Waals surface area contributed by atoms with Crippen LogP contribution in [0.5, 0.6) is 46.0 Å². The molecule has 49 heteroatoms. The van der Waals surface area contributed by atoms with Gasteiger partial charge in [-0.1, -0.05) is 103 Å². The van der Waals surface area contributed by atoms with Gasteiger partial charge >= 0.3 is 21.2 Å². The highest BCUT2D eigenvalue weighted by Crippen LogP contribution is 2.59. The Balaban J connectivity index is 1.02. The molecule has 8 aliphatic rings. The fraction of sp³-hybridized carbons (Fsp3) is 0.427. The standard InChI is InChI=1S/C89H104Cl3N11O33P2/c1-36(2)22-52(95-7)79(115)102-69-71(110)43-15-20-56(50(91)24-43)131-58-26-45-27-59(75(58)136-86-76(73(112)72(111)60(34-104)133-86)135-64-32-89(6,78(114)38(4)130-64)96-33-39-8-10-40(11-9-39)41-12-17-46(90)18-13-41)132-57-21-16-44(25-51(57)92)74(134-63-31-88(5,94)77(113)37(3)129-63)70-84(120)101-68(85(121)128-35-62(109)98-87(137(122,123)124)138(125,126)127)49-28-47(105)29-55(107)65(49)48-23-42(14-19-54(48)106)66(81(117)103-70)100-82(118)67(45)99-80(116)53(30-61(93)108)97-83(69)119/h8-21,23-29,36-38,52-53,60,63-64,66-74,76-78,86-87,95-96,104-107,110-114H,22,30-35,94H2,1-7H3,(H2,93,108)(H,97,119)(H,98,109)(H,99,116)(H,100,118)(H,101,120)(H,102,115)(H,103,117)(H2,122,123,124)(H2,125,126,127)/t37-,38-,52+,53-,60+,63-,64-,66+,67+,68-,69+,70-,71+,72+,73-,74+,76+,77-,78-,86-,88-,89-/m0/s1. The highest BCUT2D eigenvalue weighted by molar-refractivity contribution is 7.70. The van der Waals surface area contributed by atoms with E-state index in [0.29, 0.717) is 11.1 Å². The average molecular weight is 2020 g/mol. The minimum absolute atomic E-state index is 0.153. The van der Waals surface area contributed by atoms with Gasteiger partial charge in [-0.05, 0) is 153 Å². The summed E-state index contributed by atoms with van der Waals surface area (Å²) >= 11 is 20.9. The molecule has 8 heterocycles. The zero-order valence-corrected chi connectivity index (χ0v) is 78.5. The lowest BCUT2D eigenvalue weighted by Gasteiger charge is -2.48. The number of aliphatic hydroxyl groups excluding tert-OH is 6. The van der Waals surface area contributed by atoms with Crippen molar-refractivity contribution < 1.29 is 160 Å². The minimum atomic E-state index is -5.94. The molecule has 8 aliphatic heterocycles. The van der Waals surface area contributed by atoms with Gasteiger partial charge in [-0.15, -0.1) is 0 Å². The molecule has 44 nitrogen and oxygen atoms in total. The van der Waals surface area contributed by atoms with Gasteiger partial charge in [0, 0.05) is 58.2 Å². The van der Waals surface area contributed by atoms with Crippen LogP contribution in [0.25, 0.3) is 22.3 Å². The number of halogens is 3. The van der Waals surface area contributed by atoms with Crippen LogP contribution >= 0.6 is 50.0 Å². The topological polar surface area (TPSA) is 694 Å². The number of phenols is 3. The van der Waals surface area contributed by atoms with E-state index in [4.69, 9.17) is 88.9 Å². The lowest BCUT2D eigenvalue weighted by Crippen LogP contribution is -2.65. The summed E-state index contributed by atoms with van der Waals surface area (Å²) < 4.78 is 82.8. The maximum atomic E-state index is 16.7. The molecule has 22 atom stereocenters. The number of carbonyl (C=O) groups excluding carboxylic acids is 9. The number of amides is 8. The number of fused-ring (bicyclic) bond motifs is 15. The van der Waals surface area contributed by atoms with Crippen molar-refractivity contribution >= 4 is 103 Å². The zero-order chi connectivity index (χ0) is 101. The fourth-order valence-electron chi connectivity index (χ4n) is 16.9. The molecule has 3 saturated heterocycles. The SMILES string of the molecule is CN[C@H](CC(C)C)C(=O)N[C@H]1C(=O)N[C@@H](CC(N)=O)C(=O)N[C@H]2C(=O)N[C@H]3C(=O)N[C@H](C(=O)N[C@H](C(=O)OCC(=O)NC(P(=O)(O)O)P(=O)(O)O)c4cc(O)cc(O)c4-c4cc3ccc4O)[C@H](O[C@H]3C[C@](C)(N)[C@@H](O)[C@H](C)O3)c3ccc(c(Cl)c3)Oc3cc2cc(c3O[C@@H]2O[C@H](CO)[C@@H](O)[C@H](O)[C@H]2O[C@H]2C[C@](C)(NCc3ccc(-c4ccc(Cl)cc4)cc3)[C@@H](O)[C@H](C)O2)Oc2ccc(cc2Cl)[C@H]1O. The Hall–Kier alpha value is -10.8. The maximum absolute atomic E-state index is 16.7. The van der Waals surface area contributed by atoms with Crippen LogP contribution in [0, 0.1) is 5.92 Å². The monoisotopic (exact) mass is 2020 g/mol. The number of nitrogens with one attached hydrogen (secondary N) is 9. The summed E-state index contributed by atoms with van der Waals surface area (Å²) in [6, 6.07) is 12.3. The van der Waals surface area contributed by atoms with Gasteiger partial charge in [0.25, 0.3) is 5.91 Å². The summed E-state index contributed by atoms with van der Waals surface area (Å²) in [5.74, 6) is -19.5. The quantitative estimate of drug-likeness (QED) is 0.0305. The molecule has 8 amide bonds.